The number of ether oxygens (including phenoxy) is 2. The lowest BCUT2D eigenvalue weighted by atomic mass is 10.2. The molecule has 160 valence electrons. The third-order valence-electron chi connectivity index (χ3n) is 5.05. The van der Waals surface area contributed by atoms with E-state index in [2.05, 4.69) is 10.2 Å². The van der Waals surface area contributed by atoms with Gasteiger partial charge in [-0.15, -0.1) is 10.2 Å². The average Bonchev–Trinajstić information content (AvgIpc) is 3.27. The number of aromatic nitrogens is 4. The molecule has 0 aliphatic heterocycles. The molecule has 0 aliphatic carbocycles. The molecule has 5 rings (SSSR count). The van der Waals surface area contributed by atoms with Gasteiger partial charge in [0.25, 0.3) is 5.56 Å². The van der Waals surface area contributed by atoms with Crippen LogP contribution in [0.15, 0.2) is 88.8 Å². The van der Waals surface area contributed by atoms with Crippen LogP contribution in [0.2, 0.25) is 0 Å². The molecule has 0 saturated heterocycles. The zero-order chi connectivity index (χ0) is 21.9. The van der Waals surface area contributed by atoms with Gasteiger partial charge < -0.3 is 9.47 Å². The molecule has 2 aromatic heterocycles. The van der Waals surface area contributed by atoms with E-state index >= 15 is 0 Å². The number of methoxy groups -OCH3 is 1. The standard InChI is InChI=1S/C24H20N4O3S/c1-30-18-11-13-19(14-12-18)31-15-16-32-24-26-25-23-27(17-7-3-2-4-8-17)22(29)20-9-5-6-10-21(20)28(23)24/h2-14H,15-16H2,1H3. The predicted molar refractivity (Wildman–Crippen MR) is 125 cm³/mol. The van der Waals surface area contributed by atoms with E-state index in [4.69, 9.17) is 9.47 Å². The Morgan fingerprint density at radius 1 is 0.875 bits per heavy atom. The molecule has 0 bridgehead atoms. The van der Waals surface area contributed by atoms with Gasteiger partial charge in [0.2, 0.25) is 5.78 Å². The second kappa shape index (κ2) is 8.76. The Morgan fingerprint density at radius 2 is 1.59 bits per heavy atom. The van der Waals surface area contributed by atoms with Crippen molar-refractivity contribution < 1.29 is 9.47 Å². The van der Waals surface area contributed by atoms with Crippen molar-refractivity contribution in [1.82, 2.24) is 19.2 Å². The quantitative estimate of drug-likeness (QED) is 0.277. The molecule has 8 heteroatoms. The van der Waals surface area contributed by atoms with E-state index in [1.165, 1.54) is 11.8 Å². The minimum Gasteiger partial charge on any atom is -0.497 e. The van der Waals surface area contributed by atoms with Crippen LogP contribution in [0.4, 0.5) is 0 Å². The van der Waals surface area contributed by atoms with E-state index in [0.29, 0.717) is 28.7 Å². The van der Waals surface area contributed by atoms with Crippen molar-refractivity contribution in [1.29, 1.82) is 0 Å². The number of para-hydroxylation sites is 2. The molecule has 32 heavy (non-hydrogen) atoms. The summed E-state index contributed by atoms with van der Waals surface area (Å²) in [5, 5.41) is 10.1. The highest BCUT2D eigenvalue weighted by molar-refractivity contribution is 7.99. The van der Waals surface area contributed by atoms with E-state index in [9.17, 15) is 4.79 Å². The summed E-state index contributed by atoms with van der Waals surface area (Å²) in [5.41, 5.74) is 1.41. The maximum Gasteiger partial charge on any atom is 0.267 e. The number of hydrogen-bond donors (Lipinski definition) is 0. The molecular weight excluding hydrogens is 424 g/mol. The Hall–Kier alpha value is -3.78. The van der Waals surface area contributed by atoms with Crippen LogP contribution in [-0.4, -0.2) is 38.6 Å². The summed E-state index contributed by atoms with van der Waals surface area (Å²) in [6, 6.07) is 24.5. The van der Waals surface area contributed by atoms with Gasteiger partial charge in [0.1, 0.15) is 11.5 Å². The monoisotopic (exact) mass is 444 g/mol. The summed E-state index contributed by atoms with van der Waals surface area (Å²) < 4.78 is 14.5. The zero-order valence-corrected chi connectivity index (χ0v) is 18.2. The van der Waals surface area contributed by atoms with Crippen LogP contribution in [0.3, 0.4) is 0 Å². The van der Waals surface area contributed by atoms with Gasteiger partial charge in [-0.05, 0) is 48.5 Å². The first-order valence-electron chi connectivity index (χ1n) is 10.1. The van der Waals surface area contributed by atoms with E-state index in [0.717, 1.165) is 22.7 Å². The smallest absolute Gasteiger partial charge is 0.267 e. The normalized spacial score (nSPS) is 11.2. The summed E-state index contributed by atoms with van der Waals surface area (Å²) in [7, 11) is 1.64. The molecule has 0 atom stereocenters. The Bertz CT molecular complexity index is 1430. The van der Waals surface area contributed by atoms with Crippen molar-refractivity contribution in [2.45, 2.75) is 5.16 Å². The Kier molecular flexibility index (Phi) is 5.51. The van der Waals surface area contributed by atoms with Crippen LogP contribution in [0, 0.1) is 0 Å². The van der Waals surface area contributed by atoms with Crippen LogP contribution >= 0.6 is 11.8 Å². The van der Waals surface area contributed by atoms with Crippen molar-refractivity contribution in [3.63, 3.8) is 0 Å². The first-order chi connectivity index (χ1) is 15.8. The summed E-state index contributed by atoms with van der Waals surface area (Å²) in [5.74, 6) is 2.73. The fourth-order valence-electron chi connectivity index (χ4n) is 3.55. The van der Waals surface area contributed by atoms with Crippen LogP contribution < -0.4 is 15.0 Å². The molecule has 0 unspecified atom stereocenters. The van der Waals surface area contributed by atoms with Crippen molar-refractivity contribution in [2.75, 3.05) is 19.5 Å². The summed E-state index contributed by atoms with van der Waals surface area (Å²) in [6.45, 7) is 0.502. The molecule has 0 N–H and O–H groups in total. The molecule has 0 saturated carbocycles. The first kappa shape index (κ1) is 20.1. The van der Waals surface area contributed by atoms with Crippen LogP contribution in [0.25, 0.3) is 22.4 Å². The molecule has 0 amide bonds. The lowest BCUT2D eigenvalue weighted by Gasteiger charge is -2.11. The van der Waals surface area contributed by atoms with Gasteiger partial charge in [-0.2, -0.15) is 0 Å². The molecular formula is C24H20N4O3S. The van der Waals surface area contributed by atoms with Crippen molar-refractivity contribution >= 4 is 28.4 Å². The Labute approximate surface area is 188 Å². The molecule has 0 spiro atoms. The molecule has 5 aromatic rings. The Morgan fingerprint density at radius 3 is 2.38 bits per heavy atom. The van der Waals surface area contributed by atoms with Crippen molar-refractivity contribution in [3.8, 4) is 17.2 Å². The lowest BCUT2D eigenvalue weighted by Crippen LogP contribution is -2.21. The number of fused-ring (bicyclic) bond motifs is 3. The topological polar surface area (TPSA) is 70.7 Å². The molecule has 7 nitrogen and oxygen atoms in total. The highest BCUT2D eigenvalue weighted by Gasteiger charge is 2.17. The van der Waals surface area contributed by atoms with Gasteiger partial charge in [-0.3, -0.25) is 9.20 Å². The van der Waals surface area contributed by atoms with Crippen molar-refractivity contribution in [2.24, 2.45) is 0 Å². The third-order valence-corrected chi connectivity index (χ3v) is 5.94. The van der Waals surface area contributed by atoms with Gasteiger partial charge in [-0.25, -0.2) is 4.57 Å². The summed E-state index contributed by atoms with van der Waals surface area (Å²) >= 11 is 1.53. The number of benzene rings is 3. The van der Waals surface area contributed by atoms with Crippen LogP contribution in [0.1, 0.15) is 0 Å². The molecule has 0 fully saturated rings. The number of rotatable bonds is 7. The molecule has 3 aromatic carbocycles. The van der Waals surface area contributed by atoms with Crippen molar-refractivity contribution in [3.05, 3.63) is 89.2 Å². The molecule has 2 heterocycles. The predicted octanol–water partition coefficient (Wildman–Crippen LogP) is 4.21. The first-order valence-corrected chi connectivity index (χ1v) is 11.1. The molecule has 0 aliphatic rings. The van der Waals surface area contributed by atoms with E-state index in [1.807, 2.05) is 83.3 Å². The maximum atomic E-state index is 13.3. The minimum atomic E-state index is -0.119. The summed E-state index contributed by atoms with van der Waals surface area (Å²) in [4.78, 5) is 13.3. The lowest BCUT2D eigenvalue weighted by molar-refractivity contribution is 0.342. The zero-order valence-electron chi connectivity index (χ0n) is 17.3. The van der Waals surface area contributed by atoms with Gasteiger partial charge in [0.05, 0.1) is 30.3 Å². The van der Waals surface area contributed by atoms with E-state index in [-0.39, 0.29) is 5.56 Å². The minimum absolute atomic E-state index is 0.119. The van der Waals surface area contributed by atoms with Crippen LogP contribution in [0.5, 0.6) is 11.5 Å². The highest BCUT2D eigenvalue weighted by Crippen LogP contribution is 2.23. The molecule has 0 radical (unpaired) electrons. The number of thioether (sulfide) groups is 1. The van der Waals surface area contributed by atoms with E-state index in [1.54, 1.807) is 11.7 Å². The number of nitrogens with zero attached hydrogens (tertiary/aromatic N) is 4. The van der Waals surface area contributed by atoms with E-state index < -0.39 is 0 Å². The SMILES string of the molecule is COc1ccc(OCCSc2nnc3n(-c4ccccc4)c(=O)c4ccccc4n23)cc1. The van der Waals surface area contributed by atoms with Gasteiger partial charge >= 0.3 is 0 Å². The fourth-order valence-corrected chi connectivity index (χ4v) is 4.30. The maximum absolute atomic E-state index is 13.3. The fraction of sp³-hybridized carbons (Fsp3) is 0.125. The summed E-state index contributed by atoms with van der Waals surface area (Å²) in [6.07, 6.45) is 0. The van der Waals surface area contributed by atoms with Crippen LogP contribution in [-0.2, 0) is 0 Å². The van der Waals surface area contributed by atoms with Gasteiger partial charge in [0, 0.05) is 5.75 Å². The third kappa shape index (κ3) is 3.69. The average molecular weight is 445 g/mol. The van der Waals surface area contributed by atoms with Gasteiger partial charge in [-0.1, -0.05) is 42.1 Å². The number of hydrogen-bond acceptors (Lipinski definition) is 6. The second-order valence-corrected chi connectivity index (χ2v) is 8.05. The second-order valence-electron chi connectivity index (χ2n) is 6.98. The van der Waals surface area contributed by atoms with Gasteiger partial charge in [0.15, 0.2) is 5.16 Å². The largest absolute Gasteiger partial charge is 0.497 e. The Balaban J connectivity index is 1.46. The highest BCUT2D eigenvalue weighted by atomic mass is 32.2.